The Kier molecular flexibility index (Phi) is 4.95. The quantitative estimate of drug-likeness (QED) is 0.622. The summed E-state index contributed by atoms with van der Waals surface area (Å²) in [5.41, 5.74) is 0.0535. The number of ether oxygens (including phenoxy) is 2. The van der Waals surface area contributed by atoms with Crippen molar-refractivity contribution in [3.63, 3.8) is 0 Å². The first-order valence-corrected chi connectivity index (χ1v) is 8.37. The molecule has 0 aliphatic carbocycles. The molecule has 26 heavy (non-hydrogen) atoms. The molecule has 1 heterocycles. The maximum atomic E-state index is 12.1. The highest BCUT2D eigenvalue weighted by atomic mass is 35.5. The number of halogens is 1. The molecular weight excluding hydrogens is 354 g/mol. The first-order valence-electron chi connectivity index (χ1n) is 7.99. The van der Waals surface area contributed by atoms with Crippen molar-refractivity contribution in [1.29, 1.82) is 0 Å². The zero-order valence-electron chi connectivity index (χ0n) is 14.6. The fourth-order valence-corrected chi connectivity index (χ4v) is 2.51. The Morgan fingerprint density at radius 2 is 1.81 bits per heavy atom. The van der Waals surface area contributed by atoms with Crippen LogP contribution in [0.25, 0.3) is 10.8 Å². The monoisotopic (exact) mass is 371 g/mol. The normalized spacial score (nSPS) is 11.2. The highest BCUT2D eigenvalue weighted by Gasteiger charge is 2.17. The van der Waals surface area contributed by atoms with Gasteiger partial charge in [0.05, 0.1) is 5.69 Å². The summed E-state index contributed by atoms with van der Waals surface area (Å²) in [4.78, 5) is 20.0. The van der Waals surface area contributed by atoms with Crippen LogP contribution in [0.2, 0.25) is 5.15 Å². The molecule has 0 fully saturated rings. The van der Waals surface area contributed by atoms with E-state index in [1.165, 1.54) is 12.4 Å². The van der Waals surface area contributed by atoms with Crippen LogP contribution in [0.1, 0.15) is 20.8 Å². The molecule has 0 aliphatic heterocycles. The third kappa shape index (κ3) is 4.40. The van der Waals surface area contributed by atoms with Crippen LogP contribution in [0.4, 0.5) is 10.5 Å². The summed E-state index contributed by atoms with van der Waals surface area (Å²) >= 11 is 5.87. The van der Waals surface area contributed by atoms with Gasteiger partial charge < -0.3 is 9.47 Å². The number of carbonyl (C=O) groups excluding carboxylic acids is 1. The summed E-state index contributed by atoms with van der Waals surface area (Å²) in [6.45, 7) is 5.44. The average Bonchev–Trinajstić information content (AvgIpc) is 2.55. The smallest absolute Gasteiger partial charge is 0.412 e. The minimum absolute atomic E-state index is 0.294. The van der Waals surface area contributed by atoms with Gasteiger partial charge in [0.25, 0.3) is 0 Å². The number of nitrogens with zero attached hydrogens (tertiary/aromatic N) is 2. The third-order valence-electron chi connectivity index (χ3n) is 3.34. The highest BCUT2D eigenvalue weighted by molar-refractivity contribution is 6.29. The fourth-order valence-electron chi connectivity index (χ4n) is 2.37. The summed E-state index contributed by atoms with van der Waals surface area (Å²) in [6.07, 6.45) is 0.817. The molecule has 0 aliphatic rings. The molecular formula is C19H18ClN3O3. The van der Waals surface area contributed by atoms with Gasteiger partial charge in [-0.1, -0.05) is 35.9 Å². The lowest BCUT2D eigenvalue weighted by molar-refractivity contribution is 0.0636. The molecule has 0 spiro atoms. The zero-order chi connectivity index (χ0) is 18.7. The van der Waals surface area contributed by atoms with Crippen molar-refractivity contribution >= 4 is 34.2 Å². The number of nitrogens with one attached hydrogen (secondary N) is 1. The Labute approximate surface area is 156 Å². The van der Waals surface area contributed by atoms with Crippen LogP contribution in [-0.2, 0) is 4.74 Å². The van der Waals surface area contributed by atoms with E-state index in [2.05, 4.69) is 15.3 Å². The van der Waals surface area contributed by atoms with Gasteiger partial charge in [-0.3, -0.25) is 5.32 Å². The van der Waals surface area contributed by atoms with E-state index in [1.54, 1.807) is 12.1 Å². The molecule has 0 radical (unpaired) electrons. The highest BCUT2D eigenvalue weighted by Crippen LogP contribution is 2.34. The summed E-state index contributed by atoms with van der Waals surface area (Å²) in [5.74, 6) is 0.924. The van der Waals surface area contributed by atoms with Crippen molar-refractivity contribution in [2.45, 2.75) is 26.4 Å². The number of anilines is 1. The number of hydrogen-bond donors (Lipinski definition) is 1. The van der Waals surface area contributed by atoms with Gasteiger partial charge in [0.2, 0.25) is 5.88 Å². The largest absolute Gasteiger partial charge is 0.444 e. The summed E-state index contributed by atoms with van der Waals surface area (Å²) in [6, 6.07) is 12.6. The van der Waals surface area contributed by atoms with Gasteiger partial charge in [-0.25, -0.2) is 14.8 Å². The Hall–Kier alpha value is -2.86. The van der Waals surface area contributed by atoms with Gasteiger partial charge in [0, 0.05) is 16.8 Å². The molecule has 1 aromatic heterocycles. The van der Waals surface area contributed by atoms with Crippen molar-refractivity contribution in [2.24, 2.45) is 0 Å². The lowest BCUT2D eigenvalue weighted by Crippen LogP contribution is -2.27. The topological polar surface area (TPSA) is 73.3 Å². The number of benzene rings is 2. The summed E-state index contributed by atoms with van der Waals surface area (Å²) in [5, 5.41) is 4.70. The molecule has 1 amide bonds. The average molecular weight is 372 g/mol. The minimum Gasteiger partial charge on any atom is -0.444 e. The fraction of sp³-hybridized carbons (Fsp3) is 0.211. The van der Waals surface area contributed by atoms with E-state index in [0.717, 1.165) is 10.8 Å². The molecule has 134 valence electrons. The van der Waals surface area contributed by atoms with Gasteiger partial charge in [-0.15, -0.1) is 0 Å². The molecule has 2 aromatic carbocycles. The van der Waals surface area contributed by atoms with Crippen LogP contribution < -0.4 is 10.1 Å². The number of aromatic nitrogens is 2. The molecule has 0 saturated carbocycles. The van der Waals surface area contributed by atoms with E-state index in [-0.39, 0.29) is 0 Å². The van der Waals surface area contributed by atoms with Crippen LogP contribution >= 0.6 is 11.6 Å². The molecule has 3 aromatic rings. The maximum absolute atomic E-state index is 12.1. The van der Waals surface area contributed by atoms with Crippen molar-refractivity contribution in [1.82, 2.24) is 9.97 Å². The van der Waals surface area contributed by atoms with Crippen molar-refractivity contribution < 1.29 is 14.3 Å². The SMILES string of the molecule is CC(C)(C)OC(=O)Nc1ccc(Oc2cc(Cl)ncn2)c2ccccc12. The molecule has 1 N–H and O–H groups in total. The van der Waals surface area contributed by atoms with Gasteiger partial charge in [0.15, 0.2) is 0 Å². The molecule has 0 atom stereocenters. The van der Waals surface area contributed by atoms with Crippen LogP contribution in [-0.4, -0.2) is 21.7 Å². The lowest BCUT2D eigenvalue weighted by Gasteiger charge is -2.20. The number of carbonyl (C=O) groups is 1. The second-order valence-corrected chi connectivity index (χ2v) is 6.95. The Morgan fingerprint density at radius 3 is 2.50 bits per heavy atom. The maximum Gasteiger partial charge on any atom is 0.412 e. The Bertz CT molecular complexity index is 954. The van der Waals surface area contributed by atoms with Crippen molar-refractivity contribution in [3.8, 4) is 11.6 Å². The van der Waals surface area contributed by atoms with E-state index >= 15 is 0 Å². The first-order chi connectivity index (χ1) is 12.3. The molecule has 0 unspecified atom stereocenters. The van der Waals surface area contributed by atoms with E-state index in [1.807, 2.05) is 45.0 Å². The van der Waals surface area contributed by atoms with E-state index < -0.39 is 11.7 Å². The van der Waals surface area contributed by atoms with Gasteiger partial charge in [-0.05, 0) is 32.9 Å². The van der Waals surface area contributed by atoms with Gasteiger partial charge >= 0.3 is 6.09 Å². The van der Waals surface area contributed by atoms with E-state index in [0.29, 0.717) is 22.5 Å². The molecule has 6 nitrogen and oxygen atoms in total. The van der Waals surface area contributed by atoms with Crippen molar-refractivity contribution in [2.75, 3.05) is 5.32 Å². The van der Waals surface area contributed by atoms with Crippen LogP contribution in [0.15, 0.2) is 48.8 Å². The van der Waals surface area contributed by atoms with Crippen LogP contribution in [0, 0.1) is 0 Å². The zero-order valence-corrected chi connectivity index (χ0v) is 15.4. The number of amides is 1. The van der Waals surface area contributed by atoms with Crippen LogP contribution in [0.5, 0.6) is 11.6 Å². The third-order valence-corrected chi connectivity index (χ3v) is 3.55. The minimum atomic E-state index is -0.574. The van der Waals surface area contributed by atoms with E-state index in [4.69, 9.17) is 21.1 Å². The van der Waals surface area contributed by atoms with Gasteiger partial charge in [-0.2, -0.15) is 0 Å². The van der Waals surface area contributed by atoms with E-state index in [9.17, 15) is 4.79 Å². The first kappa shape index (κ1) is 17.9. The predicted octanol–water partition coefficient (Wildman–Crippen LogP) is 5.42. The molecule has 7 heteroatoms. The Morgan fingerprint density at radius 1 is 1.08 bits per heavy atom. The Balaban J connectivity index is 1.93. The second-order valence-electron chi connectivity index (χ2n) is 6.56. The number of hydrogen-bond acceptors (Lipinski definition) is 5. The van der Waals surface area contributed by atoms with Crippen LogP contribution in [0.3, 0.4) is 0 Å². The molecule has 0 saturated heterocycles. The standard InChI is InChI=1S/C19H18ClN3O3/c1-19(2,3)26-18(24)23-14-8-9-15(13-7-5-4-6-12(13)14)25-17-10-16(20)21-11-22-17/h4-11H,1-3H3,(H,23,24). The molecule has 3 rings (SSSR count). The van der Waals surface area contributed by atoms with Crippen molar-refractivity contribution in [3.05, 3.63) is 53.9 Å². The second kappa shape index (κ2) is 7.17. The van der Waals surface area contributed by atoms with Gasteiger partial charge in [0.1, 0.15) is 22.8 Å². The summed E-state index contributed by atoms with van der Waals surface area (Å²) < 4.78 is 11.2. The number of fused-ring (bicyclic) bond motifs is 1. The number of rotatable bonds is 3. The lowest BCUT2D eigenvalue weighted by atomic mass is 10.1. The summed E-state index contributed by atoms with van der Waals surface area (Å²) in [7, 11) is 0. The molecule has 0 bridgehead atoms. The predicted molar refractivity (Wildman–Crippen MR) is 101 cm³/mol.